The zero-order chi connectivity index (χ0) is 12.7. The highest BCUT2D eigenvalue weighted by Crippen LogP contribution is 2.04. The summed E-state index contributed by atoms with van der Waals surface area (Å²) in [6, 6.07) is 0.140. The average molecular weight is 309 g/mol. The molecule has 0 fully saturated rings. The summed E-state index contributed by atoms with van der Waals surface area (Å²) < 4.78 is 4.46. The van der Waals surface area contributed by atoms with Crippen LogP contribution in [0.5, 0.6) is 0 Å². The van der Waals surface area contributed by atoms with Crippen LogP contribution >= 0.6 is 24.8 Å². The molecule has 0 saturated carbocycles. The Kier molecular flexibility index (Phi) is 11.1. The molecule has 1 atom stereocenters. The average Bonchev–Trinajstić information content (AvgIpc) is 2.37. The van der Waals surface area contributed by atoms with Crippen molar-refractivity contribution < 1.29 is 9.53 Å². The lowest BCUT2D eigenvalue weighted by Gasteiger charge is -2.10. The highest BCUT2D eigenvalue weighted by Gasteiger charge is 2.00. The van der Waals surface area contributed by atoms with Crippen molar-refractivity contribution in [2.75, 3.05) is 19.0 Å². The maximum Gasteiger partial charge on any atom is 0.330 e. The predicted molar refractivity (Wildman–Crippen MR) is 79.7 cm³/mol. The number of methoxy groups -OCH3 is 1. The van der Waals surface area contributed by atoms with Gasteiger partial charge in [-0.3, -0.25) is 4.98 Å². The second-order valence-corrected chi connectivity index (χ2v) is 3.46. The van der Waals surface area contributed by atoms with Gasteiger partial charge in [-0.05, 0) is 13.0 Å². The van der Waals surface area contributed by atoms with Gasteiger partial charge in [-0.25, -0.2) is 9.78 Å². The first-order valence-electron chi connectivity index (χ1n) is 5.20. The van der Waals surface area contributed by atoms with Crippen LogP contribution in [0.1, 0.15) is 12.6 Å². The quantitative estimate of drug-likeness (QED) is 0.629. The summed E-state index contributed by atoms with van der Waals surface area (Å²) in [7, 11) is 1.32. The van der Waals surface area contributed by atoms with E-state index in [-0.39, 0.29) is 30.9 Å². The molecule has 0 bridgehead atoms. The molecule has 0 radical (unpaired) electrons. The Morgan fingerprint density at radius 3 is 2.63 bits per heavy atom. The van der Waals surface area contributed by atoms with Crippen LogP contribution in [0.25, 0.3) is 6.08 Å². The largest absolute Gasteiger partial charge is 0.466 e. The predicted octanol–water partition coefficient (Wildman–Crippen LogP) is 1.27. The SMILES string of the molecule is COC(=O)C=Cc1cnc(N[C@H](C)CN)cn1.Cl.Cl. The Morgan fingerprint density at radius 2 is 2.16 bits per heavy atom. The third-order valence-corrected chi connectivity index (χ3v) is 2.01. The van der Waals surface area contributed by atoms with E-state index in [1.165, 1.54) is 19.3 Å². The molecule has 0 amide bonds. The maximum absolute atomic E-state index is 10.9. The van der Waals surface area contributed by atoms with Gasteiger partial charge >= 0.3 is 5.97 Å². The van der Waals surface area contributed by atoms with Gasteiger partial charge in [0.05, 0.1) is 25.2 Å². The van der Waals surface area contributed by atoms with Crippen molar-refractivity contribution in [2.24, 2.45) is 5.73 Å². The lowest BCUT2D eigenvalue weighted by molar-refractivity contribution is -0.134. The normalized spacial score (nSPS) is 11.1. The molecule has 6 nitrogen and oxygen atoms in total. The molecule has 0 spiro atoms. The first-order valence-corrected chi connectivity index (χ1v) is 5.20. The van der Waals surface area contributed by atoms with E-state index in [9.17, 15) is 4.79 Å². The van der Waals surface area contributed by atoms with E-state index in [1.54, 1.807) is 12.4 Å². The lowest BCUT2D eigenvalue weighted by Crippen LogP contribution is -2.25. The van der Waals surface area contributed by atoms with Crippen LogP contribution in [0.15, 0.2) is 18.5 Å². The van der Waals surface area contributed by atoms with Crippen LogP contribution in [-0.2, 0) is 9.53 Å². The van der Waals surface area contributed by atoms with Gasteiger partial charge in [0.25, 0.3) is 0 Å². The number of rotatable bonds is 5. The zero-order valence-electron chi connectivity index (χ0n) is 10.7. The second kappa shape index (κ2) is 10.5. The number of ether oxygens (including phenoxy) is 1. The van der Waals surface area contributed by atoms with Gasteiger partial charge in [-0.1, -0.05) is 0 Å². The van der Waals surface area contributed by atoms with Crippen molar-refractivity contribution in [1.29, 1.82) is 0 Å². The summed E-state index contributed by atoms with van der Waals surface area (Å²) >= 11 is 0. The van der Waals surface area contributed by atoms with E-state index in [1.807, 2.05) is 6.92 Å². The van der Waals surface area contributed by atoms with Crippen molar-refractivity contribution in [3.63, 3.8) is 0 Å². The fourth-order valence-electron chi connectivity index (χ4n) is 1.03. The third kappa shape index (κ3) is 7.61. The van der Waals surface area contributed by atoms with Crippen LogP contribution in [0.2, 0.25) is 0 Å². The molecule has 0 aliphatic rings. The molecule has 19 heavy (non-hydrogen) atoms. The van der Waals surface area contributed by atoms with Gasteiger partial charge in [0.2, 0.25) is 0 Å². The number of carbonyl (C=O) groups excluding carboxylic acids is 1. The Labute approximate surface area is 124 Å². The summed E-state index contributed by atoms with van der Waals surface area (Å²) in [5.41, 5.74) is 6.06. The molecule has 8 heteroatoms. The van der Waals surface area contributed by atoms with Gasteiger partial charge in [-0.2, -0.15) is 0 Å². The zero-order valence-corrected chi connectivity index (χ0v) is 12.3. The van der Waals surface area contributed by atoms with Crippen LogP contribution in [0.4, 0.5) is 5.82 Å². The highest BCUT2D eigenvalue weighted by atomic mass is 35.5. The molecule has 1 heterocycles. The van der Waals surface area contributed by atoms with Crippen molar-refractivity contribution >= 4 is 42.7 Å². The Bertz CT molecular complexity index is 398. The second-order valence-electron chi connectivity index (χ2n) is 3.46. The fourth-order valence-corrected chi connectivity index (χ4v) is 1.03. The van der Waals surface area contributed by atoms with Crippen LogP contribution < -0.4 is 11.1 Å². The highest BCUT2D eigenvalue weighted by molar-refractivity contribution is 5.86. The van der Waals surface area contributed by atoms with Gasteiger partial charge in [0.1, 0.15) is 5.82 Å². The number of nitrogens with zero attached hydrogens (tertiary/aromatic N) is 2. The number of hydrogen-bond acceptors (Lipinski definition) is 6. The van der Waals surface area contributed by atoms with Gasteiger partial charge in [-0.15, -0.1) is 24.8 Å². The topological polar surface area (TPSA) is 90.1 Å². The minimum Gasteiger partial charge on any atom is -0.466 e. The van der Waals surface area contributed by atoms with Crippen LogP contribution in [0.3, 0.4) is 0 Å². The lowest BCUT2D eigenvalue weighted by atomic mass is 10.3. The monoisotopic (exact) mass is 308 g/mol. The van der Waals surface area contributed by atoms with Crippen molar-refractivity contribution in [3.05, 3.63) is 24.2 Å². The first-order chi connectivity index (χ1) is 8.15. The molecule has 0 aromatic carbocycles. The van der Waals surface area contributed by atoms with E-state index in [0.29, 0.717) is 18.1 Å². The number of carbonyl (C=O) groups is 1. The summed E-state index contributed by atoms with van der Waals surface area (Å²) in [6.45, 7) is 2.47. The molecule has 0 aliphatic heterocycles. The minimum atomic E-state index is -0.425. The molecule has 1 rings (SSSR count). The standard InChI is InChI=1S/C11H16N4O2.2ClH/c1-8(5-12)15-10-7-13-9(6-14-10)3-4-11(16)17-2;;/h3-4,6-8H,5,12H2,1-2H3,(H,14,15);2*1H/t8-;;/m1../s1. The Hall–Kier alpha value is -1.37. The molecular weight excluding hydrogens is 291 g/mol. The molecule has 3 N–H and O–H groups in total. The van der Waals surface area contributed by atoms with E-state index in [4.69, 9.17) is 5.73 Å². The van der Waals surface area contributed by atoms with E-state index in [2.05, 4.69) is 20.0 Å². The molecule has 1 aromatic rings. The van der Waals surface area contributed by atoms with E-state index in [0.717, 1.165) is 0 Å². The number of nitrogens with one attached hydrogen (secondary N) is 1. The van der Waals surface area contributed by atoms with Gasteiger partial charge < -0.3 is 15.8 Å². The van der Waals surface area contributed by atoms with Gasteiger partial charge in [0.15, 0.2) is 0 Å². The van der Waals surface area contributed by atoms with E-state index >= 15 is 0 Å². The molecule has 0 saturated heterocycles. The number of aromatic nitrogens is 2. The smallest absolute Gasteiger partial charge is 0.330 e. The molecule has 0 unspecified atom stereocenters. The summed E-state index contributed by atoms with van der Waals surface area (Å²) in [6.07, 6.45) is 5.97. The third-order valence-electron chi connectivity index (χ3n) is 2.01. The molecule has 0 aliphatic carbocycles. The number of nitrogens with two attached hydrogens (primary N) is 1. The van der Waals surface area contributed by atoms with E-state index < -0.39 is 5.97 Å². The Morgan fingerprint density at radius 1 is 1.47 bits per heavy atom. The summed E-state index contributed by atoms with van der Waals surface area (Å²) in [4.78, 5) is 19.1. The van der Waals surface area contributed by atoms with Crippen LogP contribution in [-0.4, -0.2) is 35.6 Å². The van der Waals surface area contributed by atoms with Crippen LogP contribution in [0, 0.1) is 0 Å². The van der Waals surface area contributed by atoms with Gasteiger partial charge in [0, 0.05) is 18.7 Å². The van der Waals surface area contributed by atoms with Crippen molar-refractivity contribution in [1.82, 2.24) is 9.97 Å². The fraction of sp³-hybridized carbons (Fsp3) is 0.364. The number of anilines is 1. The molecule has 1 aromatic heterocycles. The maximum atomic E-state index is 10.9. The molecular formula is C11H18Cl2N4O2. The number of hydrogen-bond donors (Lipinski definition) is 2. The van der Waals surface area contributed by atoms with Crippen molar-refractivity contribution in [2.45, 2.75) is 13.0 Å². The summed E-state index contributed by atoms with van der Waals surface area (Å²) in [5.74, 6) is 0.226. The Balaban J connectivity index is 0. The summed E-state index contributed by atoms with van der Waals surface area (Å²) in [5, 5.41) is 3.08. The minimum absolute atomic E-state index is 0. The first kappa shape index (κ1) is 20.0. The van der Waals surface area contributed by atoms with Crippen molar-refractivity contribution in [3.8, 4) is 0 Å². The number of esters is 1. The molecule has 108 valence electrons. The number of halogens is 2.